The van der Waals surface area contributed by atoms with Crippen LogP contribution < -0.4 is 20.5 Å². The predicted molar refractivity (Wildman–Crippen MR) is 139 cm³/mol. The van der Waals surface area contributed by atoms with Crippen LogP contribution in [0, 0.1) is 5.92 Å². The molecular weight excluding hydrogens is 466 g/mol. The minimum absolute atomic E-state index is 0.229. The Balaban J connectivity index is 1.19. The van der Waals surface area contributed by atoms with Crippen molar-refractivity contribution in [1.82, 2.24) is 10.2 Å². The van der Waals surface area contributed by atoms with Gasteiger partial charge >= 0.3 is 0 Å². The number of amides is 1. The number of hydrogen-bond donors (Lipinski definition) is 3. The van der Waals surface area contributed by atoms with E-state index in [-0.39, 0.29) is 12.5 Å². The summed E-state index contributed by atoms with van der Waals surface area (Å²) < 4.78 is 11.1. The van der Waals surface area contributed by atoms with Gasteiger partial charge in [0.1, 0.15) is 24.2 Å². The van der Waals surface area contributed by atoms with Gasteiger partial charge in [0.25, 0.3) is 5.91 Å². The number of hydrogen-bond acceptors (Lipinski definition) is 6. The molecule has 1 unspecified atom stereocenters. The molecule has 3 aromatic rings. The molecule has 0 saturated carbocycles. The number of ether oxygens (including phenoxy) is 2. The molecule has 0 aliphatic carbocycles. The van der Waals surface area contributed by atoms with Gasteiger partial charge in [-0.15, -0.1) is 0 Å². The normalized spacial score (nSPS) is 15.6. The van der Waals surface area contributed by atoms with Crippen LogP contribution in [0.2, 0.25) is 5.02 Å². The molecule has 1 amide bonds. The van der Waals surface area contributed by atoms with Crippen molar-refractivity contribution in [2.24, 2.45) is 5.92 Å². The lowest BCUT2D eigenvalue weighted by Crippen LogP contribution is -2.42. The Morgan fingerprint density at radius 2 is 1.91 bits per heavy atom. The molecule has 0 radical (unpaired) electrons. The number of nitrogens with two attached hydrogens (primary N) is 1. The number of methoxy groups -OCH3 is 1. The van der Waals surface area contributed by atoms with Crippen molar-refractivity contribution in [3.8, 4) is 11.5 Å². The van der Waals surface area contributed by atoms with Gasteiger partial charge in [-0.1, -0.05) is 41.9 Å². The summed E-state index contributed by atoms with van der Waals surface area (Å²) in [4.78, 5) is 14.9. The van der Waals surface area contributed by atoms with Crippen LogP contribution in [0.4, 0.5) is 5.69 Å². The number of aliphatic hydroxyl groups excluding tert-OH is 1. The van der Waals surface area contributed by atoms with E-state index in [1.165, 1.54) is 13.2 Å². The van der Waals surface area contributed by atoms with Crippen LogP contribution in [0.3, 0.4) is 0 Å². The van der Waals surface area contributed by atoms with Gasteiger partial charge in [0, 0.05) is 19.2 Å². The largest absolute Gasteiger partial charge is 0.496 e. The topological polar surface area (TPSA) is 97.0 Å². The summed E-state index contributed by atoms with van der Waals surface area (Å²) in [7, 11) is 1.50. The highest BCUT2D eigenvalue weighted by atomic mass is 35.5. The number of aliphatic hydroxyl groups is 1. The van der Waals surface area contributed by atoms with E-state index >= 15 is 0 Å². The Hall–Kier alpha value is -3.00. The summed E-state index contributed by atoms with van der Waals surface area (Å²) in [6, 6.07) is 17.2. The third kappa shape index (κ3) is 6.57. The first-order chi connectivity index (χ1) is 16.9. The van der Waals surface area contributed by atoms with Crippen LogP contribution in [0.25, 0.3) is 10.8 Å². The standard InChI is InChI=1S/C27H32ClN3O4/c1-34-26-14-25(29)24(28)13-23(26)27(33)30-15-18-8-10-31(11-9-18)16-21(32)17-35-22-7-6-19-4-2-3-5-20(19)12-22/h2-7,12-14,18,21,32H,8-11,15-17,29H2,1H3,(H,30,33). The van der Waals surface area contributed by atoms with E-state index in [1.54, 1.807) is 6.07 Å². The first-order valence-electron chi connectivity index (χ1n) is 11.9. The van der Waals surface area contributed by atoms with Crippen LogP contribution in [-0.2, 0) is 0 Å². The van der Waals surface area contributed by atoms with Crippen LogP contribution in [0.15, 0.2) is 54.6 Å². The molecule has 1 fully saturated rings. The molecule has 3 aromatic carbocycles. The number of halogens is 1. The van der Waals surface area contributed by atoms with Crippen molar-refractivity contribution < 1.29 is 19.4 Å². The number of nitrogens with zero attached hydrogens (tertiary/aromatic N) is 1. The molecule has 7 nitrogen and oxygen atoms in total. The summed E-state index contributed by atoms with van der Waals surface area (Å²) in [6.45, 7) is 3.12. The van der Waals surface area contributed by atoms with Crippen molar-refractivity contribution in [1.29, 1.82) is 0 Å². The maximum absolute atomic E-state index is 12.7. The van der Waals surface area contributed by atoms with Crippen molar-refractivity contribution in [2.45, 2.75) is 18.9 Å². The summed E-state index contributed by atoms with van der Waals surface area (Å²) in [6.07, 6.45) is 1.32. The highest BCUT2D eigenvalue weighted by Crippen LogP contribution is 2.29. The fourth-order valence-corrected chi connectivity index (χ4v) is 4.58. The van der Waals surface area contributed by atoms with Crippen LogP contribution in [0.1, 0.15) is 23.2 Å². The van der Waals surface area contributed by atoms with Crippen molar-refractivity contribution in [3.05, 3.63) is 65.2 Å². The molecular formula is C27H32ClN3O4. The van der Waals surface area contributed by atoms with E-state index in [1.807, 2.05) is 36.4 Å². The molecule has 1 aliphatic heterocycles. The molecule has 0 aromatic heterocycles. The fraction of sp³-hybridized carbons (Fsp3) is 0.370. The number of carbonyl (C=O) groups excluding carboxylic acids is 1. The number of benzene rings is 3. The maximum Gasteiger partial charge on any atom is 0.255 e. The van der Waals surface area contributed by atoms with Crippen molar-refractivity contribution in [2.75, 3.05) is 45.6 Å². The minimum Gasteiger partial charge on any atom is -0.496 e. The highest BCUT2D eigenvalue weighted by molar-refractivity contribution is 6.33. The number of nitrogens with one attached hydrogen (secondary N) is 1. The number of rotatable bonds is 9. The maximum atomic E-state index is 12.7. The third-order valence-electron chi connectivity index (χ3n) is 6.45. The smallest absolute Gasteiger partial charge is 0.255 e. The zero-order valence-corrected chi connectivity index (χ0v) is 20.6. The summed E-state index contributed by atoms with van der Waals surface area (Å²) in [5.41, 5.74) is 6.54. The number of nitrogen functional groups attached to an aromatic ring is 1. The Kier molecular flexibility index (Phi) is 8.33. The van der Waals surface area contributed by atoms with E-state index in [2.05, 4.69) is 16.3 Å². The molecule has 4 rings (SSSR count). The van der Waals surface area contributed by atoms with E-state index in [9.17, 15) is 9.90 Å². The average molecular weight is 498 g/mol. The number of carbonyl (C=O) groups is 1. The first-order valence-corrected chi connectivity index (χ1v) is 12.2. The first kappa shape index (κ1) is 25.1. The minimum atomic E-state index is -0.569. The molecule has 0 bridgehead atoms. The van der Waals surface area contributed by atoms with E-state index in [4.69, 9.17) is 26.8 Å². The van der Waals surface area contributed by atoms with Gasteiger partial charge in [-0.2, -0.15) is 0 Å². The Morgan fingerprint density at radius 1 is 1.17 bits per heavy atom. The molecule has 1 atom stereocenters. The highest BCUT2D eigenvalue weighted by Gasteiger charge is 2.23. The Labute approximate surface area is 210 Å². The quantitative estimate of drug-likeness (QED) is 0.387. The molecule has 1 aliphatic rings. The lowest BCUT2D eigenvalue weighted by molar-refractivity contribution is 0.0548. The van der Waals surface area contributed by atoms with E-state index in [0.717, 1.165) is 42.5 Å². The molecule has 1 heterocycles. The monoisotopic (exact) mass is 497 g/mol. The van der Waals surface area contributed by atoms with Gasteiger partial charge in [-0.05, 0) is 60.8 Å². The van der Waals surface area contributed by atoms with Crippen LogP contribution in [-0.4, -0.2) is 61.9 Å². The number of β-amino-alcohol motifs (C(OH)–C–C–N with tert-alkyl or cyclic N) is 1. The number of fused-ring (bicyclic) bond motifs is 1. The lowest BCUT2D eigenvalue weighted by atomic mass is 9.96. The molecule has 8 heteroatoms. The Morgan fingerprint density at radius 3 is 2.66 bits per heavy atom. The van der Waals surface area contributed by atoms with E-state index < -0.39 is 6.10 Å². The molecule has 35 heavy (non-hydrogen) atoms. The van der Waals surface area contributed by atoms with E-state index in [0.29, 0.717) is 41.0 Å². The van der Waals surface area contributed by atoms with Gasteiger partial charge in [-0.25, -0.2) is 0 Å². The van der Waals surface area contributed by atoms with Gasteiger partial charge in [-0.3, -0.25) is 4.79 Å². The summed E-state index contributed by atoms with van der Waals surface area (Å²) in [5.74, 6) is 1.30. The number of anilines is 1. The SMILES string of the molecule is COc1cc(N)c(Cl)cc1C(=O)NCC1CCN(CC(O)COc2ccc3ccccc3c2)CC1. The zero-order valence-electron chi connectivity index (χ0n) is 19.9. The molecule has 0 spiro atoms. The lowest BCUT2D eigenvalue weighted by Gasteiger charge is -2.33. The van der Waals surface area contributed by atoms with Crippen molar-refractivity contribution in [3.63, 3.8) is 0 Å². The Bertz CT molecular complexity index is 1160. The van der Waals surface area contributed by atoms with Crippen molar-refractivity contribution >= 4 is 34.0 Å². The summed E-state index contributed by atoms with van der Waals surface area (Å²) >= 11 is 6.08. The number of likely N-dealkylation sites (tertiary alicyclic amines) is 1. The second-order valence-electron chi connectivity index (χ2n) is 9.00. The third-order valence-corrected chi connectivity index (χ3v) is 6.78. The van der Waals surface area contributed by atoms with Gasteiger partial charge in [0.05, 0.1) is 23.4 Å². The van der Waals surface area contributed by atoms with Gasteiger partial charge in [0.2, 0.25) is 0 Å². The van der Waals surface area contributed by atoms with Crippen LogP contribution in [0.5, 0.6) is 11.5 Å². The molecule has 186 valence electrons. The average Bonchev–Trinajstić information content (AvgIpc) is 2.88. The summed E-state index contributed by atoms with van der Waals surface area (Å²) in [5, 5.41) is 16.1. The van der Waals surface area contributed by atoms with Gasteiger partial charge in [0.15, 0.2) is 0 Å². The second-order valence-corrected chi connectivity index (χ2v) is 9.41. The molecule has 4 N–H and O–H groups in total. The number of piperidine rings is 1. The fourth-order valence-electron chi connectivity index (χ4n) is 4.42. The zero-order chi connectivity index (χ0) is 24.8. The predicted octanol–water partition coefficient (Wildman–Crippen LogP) is 3.97. The van der Waals surface area contributed by atoms with Gasteiger partial charge < -0.3 is 30.5 Å². The molecule has 1 saturated heterocycles. The van der Waals surface area contributed by atoms with Crippen LogP contribution >= 0.6 is 11.6 Å². The second kappa shape index (κ2) is 11.6.